The molecule has 0 aromatic carbocycles. The van der Waals surface area contributed by atoms with Gasteiger partial charge in [-0.2, -0.15) is 0 Å². The summed E-state index contributed by atoms with van der Waals surface area (Å²) in [5, 5.41) is 8.70. The molecule has 0 radical (unpaired) electrons. The van der Waals surface area contributed by atoms with Gasteiger partial charge in [-0.1, -0.05) is 11.3 Å². The Morgan fingerprint density at radius 3 is 2.82 bits per heavy atom. The van der Waals surface area contributed by atoms with Crippen LogP contribution in [0.2, 0.25) is 0 Å². The van der Waals surface area contributed by atoms with E-state index in [-0.39, 0.29) is 5.82 Å². The average Bonchev–Trinajstić information content (AvgIpc) is 2.85. The lowest BCUT2D eigenvalue weighted by Crippen LogP contribution is -2.14. The minimum atomic E-state index is -0.518. The minimum Gasteiger partial charge on any atom is -0.295 e. The summed E-state index contributed by atoms with van der Waals surface area (Å²) < 4.78 is 1.04. The van der Waals surface area contributed by atoms with Gasteiger partial charge in [0.15, 0.2) is 5.13 Å². The number of amides is 1. The molecule has 0 aliphatic rings. The largest absolute Gasteiger partial charge is 0.341 e. The fourth-order valence-electron chi connectivity index (χ4n) is 1.16. The molecule has 0 aliphatic heterocycles. The highest BCUT2D eigenvalue weighted by Gasteiger charge is 2.13. The molecule has 0 saturated heterocycles. The Labute approximate surface area is 104 Å². The van der Waals surface area contributed by atoms with E-state index in [0.717, 1.165) is 9.90 Å². The normalized spacial score (nSPS) is 10.5. The topological polar surface area (TPSA) is 104 Å². The number of aryl methyl sites for hydroxylation is 1. The summed E-state index contributed by atoms with van der Waals surface area (Å²) in [5.41, 5.74) is 0.351. The Morgan fingerprint density at radius 1 is 1.53 bits per heavy atom. The van der Waals surface area contributed by atoms with Crippen LogP contribution in [0, 0.1) is 6.92 Å². The summed E-state index contributed by atoms with van der Waals surface area (Å²) in [6, 6.07) is 0. The molecule has 0 fully saturated rings. The molecule has 1 amide bonds. The third-order valence-corrected chi connectivity index (χ3v) is 4.16. The fourth-order valence-corrected chi connectivity index (χ4v) is 2.77. The van der Waals surface area contributed by atoms with Crippen LogP contribution in [0.3, 0.4) is 0 Å². The van der Waals surface area contributed by atoms with Crippen molar-refractivity contribution in [2.45, 2.75) is 11.1 Å². The lowest BCUT2D eigenvalue weighted by atomic mass is 10.5. The smallest absolute Gasteiger partial charge is 0.295 e. The van der Waals surface area contributed by atoms with E-state index in [1.807, 2.05) is 13.2 Å². The molecule has 0 unspecified atom stereocenters. The first-order chi connectivity index (χ1) is 8.10. The van der Waals surface area contributed by atoms with Crippen LogP contribution < -0.4 is 11.0 Å². The van der Waals surface area contributed by atoms with Crippen molar-refractivity contribution in [3.63, 3.8) is 0 Å². The monoisotopic (exact) mass is 271 g/mol. The molecule has 90 valence electrons. The van der Waals surface area contributed by atoms with E-state index in [1.54, 1.807) is 11.8 Å². The number of rotatable bonds is 3. The number of thiazole rings is 1. The van der Waals surface area contributed by atoms with Crippen LogP contribution in [-0.4, -0.2) is 32.3 Å². The molecule has 7 nitrogen and oxygen atoms in total. The number of hydrogen-bond donors (Lipinski definition) is 3. The maximum atomic E-state index is 11.6. The number of aromatic nitrogens is 4. The van der Waals surface area contributed by atoms with Crippen molar-refractivity contribution < 1.29 is 4.79 Å². The van der Waals surface area contributed by atoms with Crippen molar-refractivity contribution in [2.24, 2.45) is 0 Å². The van der Waals surface area contributed by atoms with Crippen molar-refractivity contribution in [3.05, 3.63) is 22.0 Å². The quantitative estimate of drug-likeness (QED) is 0.718. The van der Waals surface area contributed by atoms with E-state index in [1.165, 1.54) is 11.3 Å². The Kier molecular flexibility index (Phi) is 3.29. The third kappa shape index (κ3) is 2.56. The van der Waals surface area contributed by atoms with Gasteiger partial charge < -0.3 is 0 Å². The molecule has 2 heterocycles. The maximum Gasteiger partial charge on any atom is 0.341 e. The first-order valence-electron chi connectivity index (χ1n) is 4.57. The SMILES string of the molecule is CSc1sc(NC(=O)c2n[nH]c(=O)[nH]2)nc1C. The van der Waals surface area contributed by atoms with E-state index in [0.29, 0.717) is 5.13 Å². The van der Waals surface area contributed by atoms with Crippen molar-refractivity contribution in [1.82, 2.24) is 20.2 Å². The van der Waals surface area contributed by atoms with Gasteiger partial charge in [0.1, 0.15) is 0 Å². The van der Waals surface area contributed by atoms with Gasteiger partial charge in [0.2, 0.25) is 5.82 Å². The van der Waals surface area contributed by atoms with Crippen molar-refractivity contribution in [3.8, 4) is 0 Å². The number of hydrogen-bond acceptors (Lipinski definition) is 6. The van der Waals surface area contributed by atoms with Crippen LogP contribution in [-0.2, 0) is 0 Å². The van der Waals surface area contributed by atoms with Gasteiger partial charge in [0.25, 0.3) is 5.91 Å². The van der Waals surface area contributed by atoms with Crippen LogP contribution in [0.15, 0.2) is 9.00 Å². The number of anilines is 1. The lowest BCUT2D eigenvalue weighted by molar-refractivity contribution is 0.101. The number of aromatic amines is 2. The van der Waals surface area contributed by atoms with Gasteiger partial charge in [-0.3, -0.25) is 15.1 Å². The molecule has 2 aromatic rings. The van der Waals surface area contributed by atoms with Gasteiger partial charge in [0, 0.05) is 0 Å². The Bertz CT molecular complexity index is 599. The number of carbonyl (C=O) groups is 1. The van der Waals surface area contributed by atoms with E-state index in [4.69, 9.17) is 0 Å². The van der Waals surface area contributed by atoms with Gasteiger partial charge >= 0.3 is 5.69 Å². The van der Waals surface area contributed by atoms with Crippen LogP contribution in [0.1, 0.15) is 16.3 Å². The first kappa shape index (κ1) is 11.9. The van der Waals surface area contributed by atoms with Gasteiger partial charge in [-0.15, -0.1) is 16.9 Å². The van der Waals surface area contributed by atoms with E-state index < -0.39 is 11.6 Å². The summed E-state index contributed by atoms with van der Waals surface area (Å²) in [6.45, 7) is 1.87. The highest BCUT2D eigenvalue weighted by Crippen LogP contribution is 2.30. The Balaban J connectivity index is 2.15. The predicted octanol–water partition coefficient (Wildman–Crippen LogP) is 0.837. The standard InChI is InChI=1S/C8H9N5O2S2/c1-3-6(16-2)17-8(9-3)11-5(14)4-10-7(15)13-12-4/h1-2H3,(H,9,11,14)(H2,10,12,13,15). The molecule has 2 aromatic heterocycles. The molecular formula is C8H9N5O2S2. The van der Waals surface area contributed by atoms with Crippen LogP contribution in [0.4, 0.5) is 5.13 Å². The fraction of sp³-hybridized carbons (Fsp3) is 0.250. The van der Waals surface area contributed by atoms with Crippen LogP contribution >= 0.6 is 23.1 Å². The number of thioether (sulfide) groups is 1. The van der Waals surface area contributed by atoms with Gasteiger partial charge in [0.05, 0.1) is 9.90 Å². The number of nitrogens with one attached hydrogen (secondary N) is 3. The molecule has 0 spiro atoms. The maximum absolute atomic E-state index is 11.6. The van der Waals surface area contributed by atoms with Gasteiger partial charge in [-0.25, -0.2) is 14.9 Å². The predicted molar refractivity (Wildman–Crippen MR) is 65.8 cm³/mol. The molecule has 0 bridgehead atoms. The summed E-state index contributed by atoms with van der Waals surface area (Å²) >= 11 is 2.95. The van der Waals surface area contributed by atoms with Gasteiger partial charge in [-0.05, 0) is 13.2 Å². The molecule has 9 heteroatoms. The highest BCUT2D eigenvalue weighted by atomic mass is 32.2. The second-order valence-electron chi connectivity index (χ2n) is 3.08. The summed E-state index contributed by atoms with van der Waals surface area (Å²) in [6.07, 6.45) is 1.94. The summed E-state index contributed by atoms with van der Waals surface area (Å²) in [5.74, 6) is -0.557. The number of H-pyrrole nitrogens is 2. The average molecular weight is 271 g/mol. The number of nitrogens with zero attached hydrogens (tertiary/aromatic N) is 2. The molecular weight excluding hydrogens is 262 g/mol. The van der Waals surface area contributed by atoms with E-state index in [2.05, 4.69) is 25.5 Å². The summed E-state index contributed by atoms with van der Waals surface area (Å²) in [4.78, 5) is 28.9. The lowest BCUT2D eigenvalue weighted by Gasteiger charge is -1.95. The molecule has 0 atom stereocenters. The first-order valence-corrected chi connectivity index (χ1v) is 6.61. The zero-order valence-electron chi connectivity index (χ0n) is 9.03. The van der Waals surface area contributed by atoms with Crippen LogP contribution in [0.25, 0.3) is 0 Å². The van der Waals surface area contributed by atoms with E-state index >= 15 is 0 Å². The van der Waals surface area contributed by atoms with Crippen LogP contribution in [0.5, 0.6) is 0 Å². The molecule has 2 rings (SSSR count). The number of carbonyl (C=O) groups excluding carboxylic acids is 1. The Morgan fingerprint density at radius 2 is 2.29 bits per heavy atom. The van der Waals surface area contributed by atoms with Crippen molar-refractivity contribution in [1.29, 1.82) is 0 Å². The zero-order chi connectivity index (χ0) is 12.4. The van der Waals surface area contributed by atoms with Crippen molar-refractivity contribution >= 4 is 34.1 Å². The van der Waals surface area contributed by atoms with E-state index in [9.17, 15) is 9.59 Å². The Hall–Kier alpha value is -1.61. The van der Waals surface area contributed by atoms with Crippen molar-refractivity contribution in [2.75, 3.05) is 11.6 Å². The molecule has 3 N–H and O–H groups in total. The third-order valence-electron chi connectivity index (χ3n) is 1.88. The molecule has 0 saturated carbocycles. The molecule has 17 heavy (non-hydrogen) atoms. The highest BCUT2D eigenvalue weighted by molar-refractivity contribution is 8.00. The second kappa shape index (κ2) is 4.72. The zero-order valence-corrected chi connectivity index (χ0v) is 10.7. The second-order valence-corrected chi connectivity index (χ2v) is 5.15. The molecule has 0 aliphatic carbocycles. The summed E-state index contributed by atoms with van der Waals surface area (Å²) in [7, 11) is 0. The minimum absolute atomic E-state index is 0.0615.